The highest BCUT2D eigenvalue weighted by Gasteiger charge is 2.10. The summed E-state index contributed by atoms with van der Waals surface area (Å²) in [5.41, 5.74) is 1.41. The lowest BCUT2D eigenvalue weighted by atomic mass is 10.2. The molecule has 23 heavy (non-hydrogen) atoms. The molecule has 2 N–H and O–H groups in total. The Morgan fingerprint density at radius 1 is 1.04 bits per heavy atom. The van der Waals surface area contributed by atoms with Crippen molar-refractivity contribution < 1.29 is 14.3 Å². The zero-order chi connectivity index (χ0) is 16.7. The van der Waals surface area contributed by atoms with Crippen molar-refractivity contribution in [3.8, 4) is 5.75 Å². The van der Waals surface area contributed by atoms with Crippen LogP contribution in [0.25, 0.3) is 0 Å². The van der Waals surface area contributed by atoms with E-state index in [4.69, 9.17) is 16.3 Å². The quantitative estimate of drug-likeness (QED) is 0.799. The third kappa shape index (κ3) is 5.30. The molecule has 6 heteroatoms. The molecule has 0 aromatic heterocycles. The van der Waals surface area contributed by atoms with E-state index in [1.54, 1.807) is 37.4 Å². The number of ether oxygens (including phenoxy) is 1. The van der Waals surface area contributed by atoms with Gasteiger partial charge in [-0.05, 0) is 35.9 Å². The molecule has 0 fully saturated rings. The van der Waals surface area contributed by atoms with Crippen molar-refractivity contribution in [2.24, 2.45) is 0 Å². The van der Waals surface area contributed by atoms with Gasteiger partial charge in [-0.25, -0.2) is 0 Å². The molecule has 2 aromatic rings. The van der Waals surface area contributed by atoms with Gasteiger partial charge in [0, 0.05) is 17.3 Å². The van der Waals surface area contributed by atoms with Gasteiger partial charge in [0.05, 0.1) is 7.11 Å². The van der Waals surface area contributed by atoms with E-state index in [2.05, 4.69) is 10.6 Å². The number of halogens is 1. The molecule has 0 unspecified atom stereocenters. The van der Waals surface area contributed by atoms with Crippen molar-refractivity contribution in [2.75, 3.05) is 12.4 Å². The third-order valence-corrected chi connectivity index (χ3v) is 3.50. The smallest absolute Gasteiger partial charge is 0.233 e. The van der Waals surface area contributed by atoms with E-state index < -0.39 is 0 Å². The summed E-state index contributed by atoms with van der Waals surface area (Å²) in [6.07, 6.45) is -0.253. The first-order valence-corrected chi connectivity index (χ1v) is 7.40. The normalized spacial score (nSPS) is 10.0. The summed E-state index contributed by atoms with van der Waals surface area (Å²) in [5, 5.41) is 5.90. The molecule has 2 rings (SSSR count). The fourth-order valence-electron chi connectivity index (χ4n) is 1.92. The van der Waals surface area contributed by atoms with E-state index in [0.717, 1.165) is 5.56 Å². The monoisotopic (exact) mass is 332 g/mol. The molecule has 0 bridgehead atoms. The van der Waals surface area contributed by atoms with Gasteiger partial charge >= 0.3 is 0 Å². The molecule has 0 aliphatic heterocycles. The molecular formula is C17H17ClN2O3. The summed E-state index contributed by atoms with van der Waals surface area (Å²) in [6, 6.07) is 14.1. The molecule has 0 atom stereocenters. The number of anilines is 1. The Kier molecular flexibility index (Phi) is 6.00. The van der Waals surface area contributed by atoms with Crippen LogP contribution in [-0.4, -0.2) is 18.9 Å². The number of carbonyl (C=O) groups is 2. The van der Waals surface area contributed by atoms with Crippen LogP contribution in [0.5, 0.6) is 5.75 Å². The van der Waals surface area contributed by atoms with Gasteiger partial charge < -0.3 is 15.4 Å². The van der Waals surface area contributed by atoms with Crippen molar-refractivity contribution in [1.82, 2.24) is 5.32 Å². The highest BCUT2D eigenvalue weighted by atomic mass is 35.5. The van der Waals surface area contributed by atoms with Crippen LogP contribution >= 0.6 is 11.6 Å². The topological polar surface area (TPSA) is 67.4 Å². The molecule has 120 valence electrons. The van der Waals surface area contributed by atoms with Crippen molar-refractivity contribution >= 4 is 29.1 Å². The summed E-state index contributed by atoms with van der Waals surface area (Å²) in [6.45, 7) is 0.286. The van der Waals surface area contributed by atoms with E-state index in [1.165, 1.54) is 0 Å². The van der Waals surface area contributed by atoms with Crippen molar-refractivity contribution in [3.05, 3.63) is 59.1 Å². The molecule has 0 saturated heterocycles. The van der Waals surface area contributed by atoms with Crippen molar-refractivity contribution in [3.63, 3.8) is 0 Å². The van der Waals surface area contributed by atoms with E-state index in [9.17, 15) is 9.59 Å². The van der Waals surface area contributed by atoms with Gasteiger partial charge in [0.25, 0.3) is 0 Å². The number of carbonyl (C=O) groups excluding carboxylic acids is 2. The molecule has 0 aliphatic rings. The zero-order valence-electron chi connectivity index (χ0n) is 12.6. The number of methoxy groups -OCH3 is 1. The minimum Gasteiger partial charge on any atom is -0.497 e. The second-order valence-corrected chi connectivity index (χ2v) is 5.23. The second kappa shape index (κ2) is 8.19. The third-order valence-electron chi connectivity index (χ3n) is 3.13. The average Bonchev–Trinajstić information content (AvgIpc) is 2.54. The highest BCUT2D eigenvalue weighted by molar-refractivity contribution is 6.31. The lowest BCUT2D eigenvalue weighted by molar-refractivity contribution is -0.126. The maximum atomic E-state index is 11.8. The Morgan fingerprint density at radius 2 is 1.74 bits per heavy atom. The summed E-state index contributed by atoms with van der Waals surface area (Å²) in [4.78, 5) is 23.6. The van der Waals surface area contributed by atoms with Crippen LogP contribution in [0.3, 0.4) is 0 Å². The molecule has 2 aromatic carbocycles. The van der Waals surface area contributed by atoms with E-state index in [-0.39, 0.29) is 24.8 Å². The van der Waals surface area contributed by atoms with Gasteiger partial charge in [-0.3, -0.25) is 9.59 Å². The minimum absolute atomic E-state index is 0.253. The molecule has 0 aliphatic carbocycles. The molecule has 0 radical (unpaired) electrons. The first-order valence-electron chi connectivity index (χ1n) is 7.02. The summed E-state index contributed by atoms with van der Waals surface area (Å²) >= 11 is 6.00. The van der Waals surface area contributed by atoms with E-state index in [0.29, 0.717) is 16.5 Å². The predicted octanol–water partition coefficient (Wildman–Crippen LogP) is 2.99. The number of hydrogen-bond acceptors (Lipinski definition) is 3. The largest absolute Gasteiger partial charge is 0.497 e. The lowest BCUT2D eigenvalue weighted by Crippen LogP contribution is -2.27. The van der Waals surface area contributed by atoms with Gasteiger partial charge in [-0.1, -0.05) is 29.8 Å². The first kappa shape index (κ1) is 16.8. The molecule has 0 spiro atoms. The molecule has 0 heterocycles. The molecular weight excluding hydrogens is 316 g/mol. The number of amides is 2. The standard InChI is InChI=1S/C17H17ClN2O3/c1-23-14-8-6-13(7-9-14)20-17(22)10-16(21)19-11-12-4-2-3-5-15(12)18/h2-9H,10-11H2,1H3,(H,19,21)(H,20,22). The Labute approximate surface area is 139 Å². The van der Waals surface area contributed by atoms with Gasteiger partial charge in [0.2, 0.25) is 11.8 Å². The molecule has 2 amide bonds. The zero-order valence-corrected chi connectivity index (χ0v) is 13.4. The van der Waals surface area contributed by atoms with Crippen LogP contribution < -0.4 is 15.4 Å². The first-order chi connectivity index (χ1) is 11.1. The van der Waals surface area contributed by atoms with Crippen LogP contribution in [0.2, 0.25) is 5.02 Å². The number of nitrogens with one attached hydrogen (secondary N) is 2. The summed E-state index contributed by atoms with van der Waals surface area (Å²) in [7, 11) is 1.57. The maximum Gasteiger partial charge on any atom is 0.233 e. The van der Waals surface area contributed by atoms with Gasteiger partial charge in [0.1, 0.15) is 12.2 Å². The summed E-state index contributed by atoms with van der Waals surface area (Å²) in [5.74, 6) is -0.0526. The molecule has 0 saturated carbocycles. The van der Waals surface area contributed by atoms with Crippen LogP contribution in [0.15, 0.2) is 48.5 Å². The Hall–Kier alpha value is -2.53. The van der Waals surface area contributed by atoms with Crippen LogP contribution in [0, 0.1) is 0 Å². The number of hydrogen-bond donors (Lipinski definition) is 2. The van der Waals surface area contributed by atoms with Gasteiger partial charge in [-0.15, -0.1) is 0 Å². The van der Waals surface area contributed by atoms with E-state index in [1.807, 2.05) is 18.2 Å². The maximum absolute atomic E-state index is 11.8. The van der Waals surface area contributed by atoms with Crippen LogP contribution in [-0.2, 0) is 16.1 Å². The summed E-state index contributed by atoms with van der Waals surface area (Å²) < 4.78 is 5.03. The lowest BCUT2D eigenvalue weighted by Gasteiger charge is -2.08. The molecule has 5 nitrogen and oxygen atoms in total. The fourth-order valence-corrected chi connectivity index (χ4v) is 2.13. The Morgan fingerprint density at radius 3 is 2.39 bits per heavy atom. The predicted molar refractivity (Wildman–Crippen MR) is 89.5 cm³/mol. The number of rotatable bonds is 6. The SMILES string of the molecule is COc1ccc(NC(=O)CC(=O)NCc2ccccc2Cl)cc1. The highest BCUT2D eigenvalue weighted by Crippen LogP contribution is 2.15. The Bertz CT molecular complexity index is 686. The fraction of sp³-hybridized carbons (Fsp3) is 0.176. The van der Waals surface area contributed by atoms with Crippen LogP contribution in [0.1, 0.15) is 12.0 Å². The average molecular weight is 333 g/mol. The van der Waals surface area contributed by atoms with Crippen molar-refractivity contribution in [2.45, 2.75) is 13.0 Å². The number of benzene rings is 2. The van der Waals surface area contributed by atoms with Gasteiger partial charge in [0.15, 0.2) is 0 Å². The minimum atomic E-state index is -0.383. The van der Waals surface area contributed by atoms with Crippen LogP contribution in [0.4, 0.5) is 5.69 Å². The van der Waals surface area contributed by atoms with E-state index >= 15 is 0 Å². The van der Waals surface area contributed by atoms with Crippen molar-refractivity contribution in [1.29, 1.82) is 0 Å². The van der Waals surface area contributed by atoms with Gasteiger partial charge in [-0.2, -0.15) is 0 Å². The second-order valence-electron chi connectivity index (χ2n) is 4.82. The Balaban J connectivity index is 1.80.